The van der Waals surface area contributed by atoms with Gasteiger partial charge in [0.05, 0.1) is 6.04 Å². The van der Waals surface area contributed by atoms with Crippen LogP contribution < -0.4 is 22.5 Å². The van der Waals surface area contributed by atoms with Gasteiger partial charge in [-0.2, -0.15) is 0 Å². The molecule has 1 saturated carbocycles. The van der Waals surface area contributed by atoms with Gasteiger partial charge >= 0.3 is 6.09 Å². The molecule has 0 spiro atoms. The van der Waals surface area contributed by atoms with Crippen LogP contribution in [-0.4, -0.2) is 35.6 Å². The number of hydrogen-bond donors (Lipinski definition) is 4. The fourth-order valence-electron chi connectivity index (χ4n) is 9.82. The molecule has 0 radical (unpaired) electrons. The van der Waals surface area contributed by atoms with E-state index in [9.17, 15) is 18.8 Å². The van der Waals surface area contributed by atoms with Gasteiger partial charge in [-0.3, -0.25) is 9.59 Å². The lowest BCUT2D eigenvalue weighted by atomic mass is 9.77. The fraction of sp³-hybridized carbons (Fsp3) is 0.512. The Kier molecular flexibility index (Phi) is 11.5. The number of nitrogens with one attached hydrogen (secondary N) is 1. The number of allylic oxidation sites excluding steroid dienone is 5. The second-order valence-corrected chi connectivity index (χ2v) is 16.7. The maximum atomic E-state index is 15.3. The van der Waals surface area contributed by atoms with E-state index >= 15 is 4.39 Å². The molecule has 1 fully saturated rings. The number of rotatable bonds is 5. The van der Waals surface area contributed by atoms with Crippen molar-refractivity contribution in [3.05, 3.63) is 85.5 Å². The van der Waals surface area contributed by atoms with Crippen molar-refractivity contribution in [3.8, 4) is 0 Å². The topological polar surface area (TPSA) is 151 Å². The van der Waals surface area contributed by atoms with Crippen LogP contribution in [0.1, 0.15) is 164 Å². The highest BCUT2D eigenvalue weighted by Crippen LogP contribution is 2.51. The summed E-state index contributed by atoms with van der Waals surface area (Å²) in [5.74, 6) is -1.61. The minimum absolute atomic E-state index is 0. The van der Waals surface area contributed by atoms with Gasteiger partial charge in [0.1, 0.15) is 17.2 Å². The van der Waals surface area contributed by atoms with Crippen molar-refractivity contribution in [2.75, 3.05) is 0 Å². The van der Waals surface area contributed by atoms with E-state index in [1.54, 1.807) is 0 Å². The van der Waals surface area contributed by atoms with E-state index in [4.69, 9.17) is 21.9 Å². The van der Waals surface area contributed by atoms with Gasteiger partial charge in [-0.25, -0.2) is 13.6 Å². The van der Waals surface area contributed by atoms with Crippen LogP contribution in [0.25, 0.3) is 16.7 Å². The zero-order chi connectivity index (χ0) is 37.8. The normalized spacial score (nSPS) is 22.6. The van der Waals surface area contributed by atoms with Crippen LogP contribution in [0, 0.1) is 11.6 Å². The highest BCUT2D eigenvalue weighted by Gasteiger charge is 2.37. The summed E-state index contributed by atoms with van der Waals surface area (Å²) in [6.07, 6.45) is 15.3. The maximum absolute atomic E-state index is 15.3. The van der Waals surface area contributed by atoms with Crippen molar-refractivity contribution in [2.24, 2.45) is 17.2 Å². The monoisotopic (exact) mass is 762 g/mol. The standard InChI is InChI=1S/C24H29FN2O3.C19H23FN2O.ClH/c1-24(2,3)30-23(29)27-15-8-4-7-14(10-15)20-19(25)12-18(22(26)28)17-11-13-6-5-9-16(13)21(17)20;20-16-9-15(19(22)23)14-8-10-3-2-6-13(10)18(14)17(16)11-4-1-5-12(21)7-11;/h10,12,15H,4-9,11H2,1-3H3,(H2,26,28)(H,27,29);9,11-12H,1-8,21H2,(H2,22,23);1H/t15-;11?,12-;/m00./s1. The number of ether oxygens (including phenoxy) is 1. The molecule has 0 bridgehead atoms. The number of fused-ring (bicyclic) bond motifs is 4. The fourth-order valence-corrected chi connectivity index (χ4v) is 9.82. The van der Waals surface area contributed by atoms with Crippen LogP contribution in [0.15, 0.2) is 29.4 Å². The van der Waals surface area contributed by atoms with E-state index in [0.717, 1.165) is 123 Å². The molecule has 54 heavy (non-hydrogen) atoms. The van der Waals surface area contributed by atoms with Crippen LogP contribution in [0.3, 0.4) is 0 Å². The summed E-state index contributed by atoms with van der Waals surface area (Å²) < 4.78 is 35.7. The molecule has 3 amide bonds. The summed E-state index contributed by atoms with van der Waals surface area (Å²) in [6.45, 7) is 5.46. The van der Waals surface area contributed by atoms with Crippen molar-refractivity contribution in [1.82, 2.24) is 5.32 Å². The van der Waals surface area contributed by atoms with Gasteiger partial charge in [0.25, 0.3) is 0 Å². The van der Waals surface area contributed by atoms with Gasteiger partial charge in [0.2, 0.25) is 11.8 Å². The quantitative estimate of drug-likeness (QED) is 0.240. The molecular weight excluding hydrogens is 710 g/mol. The van der Waals surface area contributed by atoms with Crippen molar-refractivity contribution >= 4 is 47.0 Å². The molecule has 0 heterocycles. The molecule has 8 rings (SSSR count). The third-order valence-electron chi connectivity index (χ3n) is 11.9. The molecule has 11 heteroatoms. The predicted molar refractivity (Wildman–Crippen MR) is 210 cm³/mol. The van der Waals surface area contributed by atoms with Crippen LogP contribution in [0.4, 0.5) is 13.6 Å². The molecule has 0 aliphatic heterocycles. The molecule has 6 aliphatic carbocycles. The molecule has 290 valence electrons. The predicted octanol–water partition coefficient (Wildman–Crippen LogP) is 8.70. The highest BCUT2D eigenvalue weighted by atomic mass is 35.5. The second-order valence-electron chi connectivity index (χ2n) is 16.7. The van der Waals surface area contributed by atoms with Gasteiger partial charge in [-0.15, -0.1) is 12.4 Å². The average molecular weight is 763 g/mol. The second kappa shape index (κ2) is 15.6. The number of nitrogens with two attached hydrogens (primary N) is 3. The number of amides is 3. The Morgan fingerprint density at radius 1 is 0.759 bits per heavy atom. The van der Waals surface area contributed by atoms with E-state index in [0.29, 0.717) is 23.1 Å². The average Bonchev–Trinajstić information content (AvgIpc) is 3.86. The van der Waals surface area contributed by atoms with Crippen LogP contribution in [-0.2, 0) is 17.6 Å². The first-order valence-corrected chi connectivity index (χ1v) is 19.4. The first-order chi connectivity index (χ1) is 25.2. The number of benzene rings is 2. The summed E-state index contributed by atoms with van der Waals surface area (Å²) >= 11 is 0. The molecule has 3 atom stereocenters. The highest BCUT2D eigenvalue weighted by molar-refractivity contribution is 6.00. The van der Waals surface area contributed by atoms with Gasteiger partial charge in [-0.1, -0.05) is 23.6 Å². The zero-order valence-corrected chi connectivity index (χ0v) is 32.4. The Balaban J connectivity index is 0.000000187. The Hall–Kier alpha value is -4.02. The Bertz CT molecular complexity index is 2000. The first kappa shape index (κ1) is 39.7. The number of hydrogen-bond acceptors (Lipinski definition) is 5. The molecule has 7 N–H and O–H groups in total. The van der Waals surface area contributed by atoms with Crippen molar-refractivity contribution in [2.45, 2.75) is 141 Å². The number of carbonyl (C=O) groups excluding carboxylic acids is 3. The smallest absolute Gasteiger partial charge is 0.408 e. The Morgan fingerprint density at radius 2 is 1.35 bits per heavy atom. The third-order valence-corrected chi connectivity index (χ3v) is 11.9. The summed E-state index contributed by atoms with van der Waals surface area (Å²) in [7, 11) is 0. The summed E-state index contributed by atoms with van der Waals surface area (Å²) in [5.41, 5.74) is 28.5. The lowest BCUT2D eigenvalue weighted by molar-refractivity contribution is 0.0511. The minimum Gasteiger partial charge on any atom is -0.444 e. The number of primary amides is 2. The molecule has 8 nitrogen and oxygen atoms in total. The molecule has 6 aliphatic rings. The molecule has 0 aromatic heterocycles. The summed E-state index contributed by atoms with van der Waals surface area (Å²) in [4.78, 5) is 36.0. The first-order valence-electron chi connectivity index (χ1n) is 19.4. The van der Waals surface area contributed by atoms with Crippen molar-refractivity contribution in [1.29, 1.82) is 0 Å². The third kappa shape index (κ3) is 7.74. The van der Waals surface area contributed by atoms with Gasteiger partial charge in [-0.05, 0) is 173 Å². The molecule has 2 aromatic rings. The molecule has 1 unspecified atom stereocenters. The lowest BCUT2D eigenvalue weighted by Crippen LogP contribution is -2.39. The van der Waals surface area contributed by atoms with E-state index in [1.165, 1.54) is 34.4 Å². The lowest BCUT2D eigenvalue weighted by Gasteiger charge is -2.29. The van der Waals surface area contributed by atoms with Gasteiger partial charge in [0, 0.05) is 22.7 Å². The molecular formula is C43H53ClF2N4O4. The number of alkyl carbamates (subject to hydrolysis) is 1. The number of carbonyl (C=O) groups is 3. The van der Waals surface area contributed by atoms with E-state index in [1.807, 2.05) is 26.8 Å². The maximum Gasteiger partial charge on any atom is 0.408 e. The summed E-state index contributed by atoms with van der Waals surface area (Å²) in [6, 6.07) is 2.61. The summed E-state index contributed by atoms with van der Waals surface area (Å²) in [5, 5.41) is 2.89. The molecule has 2 aromatic carbocycles. The number of halogens is 3. The van der Waals surface area contributed by atoms with E-state index in [2.05, 4.69) is 5.32 Å². The van der Waals surface area contributed by atoms with Crippen LogP contribution in [0.2, 0.25) is 0 Å². The van der Waals surface area contributed by atoms with Gasteiger partial charge in [0.15, 0.2) is 0 Å². The zero-order valence-electron chi connectivity index (χ0n) is 31.6. The minimum atomic E-state index is -0.583. The Morgan fingerprint density at radius 3 is 1.94 bits per heavy atom. The van der Waals surface area contributed by atoms with Crippen molar-refractivity contribution in [3.63, 3.8) is 0 Å². The molecule has 0 saturated heterocycles. The largest absolute Gasteiger partial charge is 0.444 e. The van der Waals surface area contributed by atoms with Crippen LogP contribution in [0.5, 0.6) is 0 Å². The van der Waals surface area contributed by atoms with Gasteiger partial charge < -0.3 is 27.3 Å². The van der Waals surface area contributed by atoms with Crippen LogP contribution >= 0.6 is 12.4 Å². The van der Waals surface area contributed by atoms with E-state index < -0.39 is 29.3 Å². The SMILES string of the molecule is CC(C)(C)OC(=O)N[C@@H]1C=C(c2c(F)cc(C(N)=O)c3c2C2=C(CCC2)C3)CCC1.Cl.NC(=O)c1cc(F)c(C2CCC[C@H](N)C2)c2c1CC1=C2CCC1. The van der Waals surface area contributed by atoms with E-state index in [-0.39, 0.29) is 36.2 Å². The van der Waals surface area contributed by atoms with Crippen molar-refractivity contribution < 1.29 is 27.9 Å². The Labute approximate surface area is 322 Å².